The molecule has 2 atom stereocenters. The molecule has 0 saturated carbocycles. The summed E-state index contributed by atoms with van der Waals surface area (Å²) in [6.07, 6.45) is 2.94. The van der Waals surface area contributed by atoms with E-state index in [0.717, 1.165) is 58.6 Å². The number of phenolic OH excluding ortho intramolecular Hbond substituents is 1. The maximum absolute atomic E-state index is 12.7. The first-order valence-electron chi connectivity index (χ1n) is 15.9. The van der Waals surface area contributed by atoms with Crippen LogP contribution >= 0.6 is 11.3 Å². The molecular weight excluding hydrogens is 627 g/mol. The second-order valence-corrected chi connectivity index (χ2v) is 12.6. The SMILES string of the molecule is CC(c1ccc(O)cc1)C(O)NCc1cccc(CC(=O)Nc2nnc(CCCCc3ccc(NC(=O)Cc4ccccc4)nn3)s2)c1. The van der Waals surface area contributed by atoms with Crippen molar-refractivity contribution in [2.75, 3.05) is 10.6 Å². The van der Waals surface area contributed by atoms with Crippen molar-refractivity contribution >= 4 is 34.1 Å². The van der Waals surface area contributed by atoms with Crippen LogP contribution in [0.3, 0.4) is 0 Å². The van der Waals surface area contributed by atoms with Crippen molar-refractivity contribution in [3.8, 4) is 5.75 Å². The van der Waals surface area contributed by atoms with Crippen molar-refractivity contribution in [2.24, 2.45) is 0 Å². The fourth-order valence-electron chi connectivity index (χ4n) is 5.07. The molecule has 0 aliphatic heterocycles. The van der Waals surface area contributed by atoms with Crippen LogP contribution in [0.5, 0.6) is 5.75 Å². The van der Waals surface area contributed by atoms with Gasteiger partial charge >= 0.3 is 0 Å². The zero-order valence-electron chi connectivity index (χ0n) is 26.7. The van der Waals surface area contributed by atoms with Gasteiger partial charge in [0, 0.05) is 18.9 Å². The van der Waals surface area contributed by atoms with Crippen LogP contribution in [-0.2, 0) is 41.8 Å². The number of hydrogen-bond donors (Lipinski definition) is 5. The van der Waals surface area contributed by atoms with Crippen molar-refractivity contribution in [3.05, 3.63) is 124 Å². The number of aryl methyl sites for hydroxylation is 2. The zero-order valence-corrected chi connectivity index (χ0v) is 27.5. The summed E-state index contributed by atoms with van der Waals surface area (Å²) >= 11 is 1.37. The van der Waals surface area contributed by atoms with Crippen LogP contribution in [-0.4, -0.2) is 48.7 Å². The van der Waals surface area contributed by atoms with Crippen LogP contribution in [0.15, 0.2) is 91.0 Å². The van der Waals surface area contributed by atoms with Gasteiger partial charge in [-0.05, 0) is 65.8 Å². The molecular formula is C36H39N7O4S. The normalized spacial score (nSPS) is 12.3. The average Bonchev–Trinajstić information content (AvgIpc) is 3.53. The number of aliphatic hydroxyl groups is 1. The minimum Gasteiger partial charge on any atom is -0.508 e. The number of carbonyl (C=O) groups excluding carboxylic acids is 2. The molecule has 2 amide bonds. The first-order chi connectivity index (χ1) is 23.3. The van der Waals surface area contributed by atoms with Crippen LogP contribution in [0.2, 0.25) is 0 Å². The van der Waals surface area contributed by atoms with E-state index in [1.807, 2.05) is 67.6 Å². The van der Waals surface area contributed by atoms with E-state index < -0.39 is 6.23 Å². The molecule has 48 heavy (non-hydrogen) atoms. The maximum atomic E-state index is 12.7. The molecule has 12 heteroatoms. The summed E-state index contributed by atoms with van der Waals surface area (Å²) in [6, 6.07) is 27.6. The molecule has 2 unspecified atom stereocenters. The Hall–Kier alpha value is -5.04. The number of rotatable bonds is 16. The zero-order chi connectivity index (χ0) is 33.7. The number of hydrogen-bond acceptors (Lipinski definition) is 10. The van der Waals surface area contributed by atoms with E-state index in [2.05, 4.69) is 36.3 Å². The number of aromatic hydroxyl groups is 1. The van der Waals surface area contributed by atoms with Gasteiger partial charge in [-0.15, -0.1) is 15.3 Å². The lowest BCUT2D eigenvalue weighted by molar-refractivity contribution is -0.116. The maximum Gasteiger partial charge on any atom is 0.230 e. The number of anilines is 2. The van der Waals surface area contributed by atoms with Crippen molar-refractivity contribution < 1.29 is 19.8 Å². The van der Waals surface area contributed by atoms with Crippen LogP contribution < -0.4 is 16.0 Å². The predicted molar refractivity (Wildman–Crippen MR) is 186 cm³/mol. The number of nitrogens with zero attached hydrogens (tertiary/aromatic N) is 4. The summed E-state index contributed by atoms with van der Waals surface area (Å²) in [6.45, 7) is 2.35. The quantitative estimate of drug-likeness (QED) is 0.0707. The Balaban J connectivity index is 0.993. The molecule has 0 fully saturated rings. The standard InChI is InChI=1S/C36H39N7O4S/c1-24(28-14-17-30(44)18-15-28)35(47)37-23-27-11-7-10-26(20-27)22-33(46)39-36-43-42-34(48-36)13-6-5-12-29-16-19-31(41-40-29)38-32(45)21-25-8-3-2-4-9-25/h2-4,7-11,14-20,24,35,37,44,47H,5-6,12-13,21-23H2,1H3,(H,38,41,45)(H,39,43,46). The lowest BCUT2D eigenvalue weighted by Crippen LogP contribution is -2.33. The highest BCUT2D eigenvalue weighted by Crippen LogP contribution is 2.21. The van der Waals surface area contributed by atoms with E-state index >= 15 is 0 Å². The van der Waals surface area contributed by atoms with Gasteiger partial charge in [-0.25, -0.2) is 0 Å². The smallest absolute Gasteiger partial charge is 0.230 e. The van der Waals surface area contributed by atoms with Gasteiger partial charge in [-0.1, -0.05) is 85.0 Å². The molecule has 2 aromatic heterocycles. The second kappa shape index (κ2) is 17.2. The van der Waals surface area contributed by atoms with Crippen LogP contribution in [0.25, 0.3) is 0 Å². The molecule has 5 N–H and O–H groups in total. The molecule has 0 aliphatic rings. The van der Waals surface area contributed by atoms with Crippen LogP contribution in [0, 0.1) is 0 Å². The molecule has 5 rings (SSSR count). The van der Waals surface area contributed by atoms with Gasteiger partial charge in [0.15, 0.2) is 5.82 Å². The molecule has 0 saturated heterocycles. The molecule has 0 bridgehead atoms. The lowest BCUT2D eigenvalue weighted by Gasteiger charge is -2.21. The summed E-state index contributed by atoms with van der Waals surface area (Å²) in [4.78, 5) is 25.0. The number of unbranched alkanes of at least 4 members (excludes halogenated alkanes) is 1. The summed E-state index contributed by atoms with van der Waals surface area (Å²) in [5.41, 5.74) is 4.50. The van der Waals surface area contributed by atoms with E-state index in [4.69, 9.17) is 0 Å². The number of nitrogens with one attached hydrogen (secondary N) is 3. The minimum atomic E-state index is -0.778. The first-order valence-corrected chi connectivity index (χ1v) is 16.7. The third-order valence-electron chi connectivity index (χ3n) is 7.75. The Morgan fingerprint density at radius 2 is 1.46 bits per heavy atom. The number of aromatic nitrogens is 4. The van der Waals surface area contributed by atoms with Crippen molar-refractivity contribution in [3.63, 3.8) is 0 Å². The lowest BCUT2D eigenvalue weighted by atomic mass is 9.99. The van der Waals surface area contributed by atoms with Crippen LogP contribution in [0.1, 0.15) is 58.6 Å². The largest absolute Gasteiger partial charge is 0.508 e. The Morgan fingerprint density at radius 1 is 0.750 bits per heavy atom. The fourth-order valence-corrected chi connectivity index (χ4v) is 5.87. The summed E-state index contributed by atoms with van der Waals surface area (Å²) in [7, 11) is 0. The Bertz CT molecular complexity index is 1770. The van der Waals surface area contributed by atoms with Gasteiger partial charge in [-0.3, -0.25) is 14.9 Å². The van der Waals surface area contributed by atoms with Gasteiger partial charge in [0.1, 0.15) is 17.0 Å². The van der Waals surface area contributed by atoms with E-state index in [9.17, 15) is 19.8 Å². The Kier molecular flexibility index (Phi) is 12.3. The average molecular weight is 666 g/mol. The highest BCUT2D eigenvalue weighted by Gasteiger charge is 2.16. The summed E-state index contributed by atoms with van der Waals surface area (Å²) in [5.74, 6) is 0.133. The highest BCUT2D eigenvalue weighted by atomic mass is 32.1. The van der Waals surface area contributed by atoms with Crippen molar-refractivity contribution in [2.45, 2.75) is 64.1 Å². The molecule has 0 spiro atoms. The number of aliphatic hydroxyl groups excluding tert-OH is 1. The van der Waals surface area contributed by atoms with E-state index in [-0.39, 0.29) is 36.3 Å². The van der Waals surface area contributed by atoms with Gasteiger partial charge in [-0.2, -0.15) is 5.10 Å². The molecule has 2 heterocycles. The molecule has 5 aromatic rings. The van der Waals surface area contributed by atoms with E-state index in [0.29, 0.717) is 17.5 Å². The monoisotopic (exact) mass is 665 g/mol. The van der Waals surface area contributed by atoms with Crippen molar-refractivity contribution in [1.82, 2.24) is 25.7 Å². The third-order valence-corrected chi connectivity index (χ3v) is 8.64. The van der Waals surface area contributed by atoms with E-state index in [1.54, 1.807) is 30.3 Å². The molecule has 0 aliphatic carbocycles. The number of carbonyl (C=O) groups is 2. The van der Waals surface area contributed by atoms with Gasteiger partial charge < -0.3 is 20.8 Å². The van der Waals surface area contributed by atoms with Crippen molar-refractivity contribution in [1.29, 1.82) is 0 Å². The molecule has 248 valence electrons. The fraction of sp³-hybridized carbons (Fsp3) is 0.278. The van der Waals surface area contributed by atoms with Gasteiger partial charge in [0.05, 0.1) is 18.5 Å². The topological polar surface area (TPSA) is 162 Å². The summed E-state index contributed by atoms with van der Waals surface area (Å²) < 4.78 is 0. The summed E-state index contributed by atoms with van der Waals surface area (Å²) in [5, 5.41) is 46.9. The number of benzene rings is 3. The molecule has 0 radical (unpaired) electrons. The van der Waals surface area contributed by atoms with Gasteiger partial charge in [0.2, 0.25) is 16.9 Å². The second-order valence-electron chi connectivity index (χ2n) is 11.6. The Labute approximate surface area is 283 Å². The van der Waals surface area contributed by atoms with Crippen LogP contribution in [0.4, 0.5) is 10.9 Å². The number of phenols is 1. The predicted octanol–water partition coefficient (Wildman–Crippen LogP) is 5.17. The first kappa shape index (κ1) is 34.3. The number of amides is 2. The van der Waals surface area contributed by atoms with Gasteiger partial charge in [0.25, 0.3) is 0 Å². The molecule has 3 aromatic carbocycles. The Morgan fingerprint density at radius 3 is 2.23 bits per heavy atom. The third kappa shape index (κ3) is 10.8. The van der Waals surface area contributed by atoms with E-state index in [1.165, 1.54) is 11.3 Å². The highest BCUT2D eigenvalue weighted by molar-refractivity contribution is 7.15. The molecule has 11 nitrogen and oxygen atoms in total. The minimum absolute atomic E-state index is 0.135.